The number of nitrogens with zero attached hydrogens (tertiary/aromatic N) is 1. The Hall–Kier alpha value is -1.64. The van der Waals surface area contributed by atoms with Crippen molar-refractivity contribution < 1.29 is 14.3 Å². The molecule has 152 valence electrons. The Morgan fingerprint density at radius 2 is 1.89 bits per heavy atom. The van der Waals surface area contributed by atoms with Gasteiger partial charge in [-0.05, 0) is 39.2 Å². The highest BCUT2D eigenvalue weighted by molar-refractivity contribution is 7.16. The summed E-state index contributed by atoms with van der Waals surface area (Å²) >= 11 is 1.65. The Morgan fingerprint density at radius 3 is 2.61 bits per heavy atom. The largest absolute Gasteiger partial charge is 0.466 e. The highest BCUT2D eigenvalue weighted by atomic mass is 32.1. The van der Waals surface area contributed by atoms with Gasteiger partial charge in [-0.25, -0.2) is 0 Å². The molecule has 3 N–H and O–H groups in total. The maximum Gasteiger partial charge on any atom is 0.314 e. The van der Waals surface area contributed by atoms with Crippen molar-refractivity contribution in [1.29, 1.82) is 0 Å². The van der Waals surface area contributed by atoms with Crippen LogP contribution in [-0.2, 0) is 9.53 Å². The van der Waals surface area contributed by atoms with Crippen LogP contribution >= 0.6 is 11.3 Å². The smallest absolute Gasteiger partial charge is 0.314 e. The average Bonchev–Trinajstić information content (AvgIpc) is 3.14. The summed E-state index contributed by atoms with van der Waals surface area (Å²) in [5.41, 5.74) is 1.79. The predicted molar refractivity (Wildman–Crippen MR) is 108 cm³/mol. The van der Waals surface area contributed by atoms with Crippen LogP contribution in [0.25, 0.3) is 0 Å². The molecule has 0 spiro atoms. The number of hydrogen-bond acceptors (Lipinski definition) is 7. The molecule has 0 bridgehead atoms. The zero-order valence-electron chi connectivity index (χ0n) is 16.6. The lowest BCUT2D eigenvalue weighted by molar-refractivity contribution is -0.149. The Bertz CT molecular complexity index is 825. The third-order valence-corrected chi connectivity index (χ3v) is 8.11. The van der Waals surface area contributed by atoms with Crippen LogP contribution in [0.2, 0.25) is 0 Å². The molecule has 1 aromatic rings. The van der Waals surface area contributed by atoms with Gasteiger partial charge in [-0.1, -0.05) is 12.8 Å². The summed E-state index contributed by atoms with van der Waals surface area (Å²) in [5.74, 6) is -0.745. The molecule has 1 saturated carbocycles. The maximum atomic E-state index is 12.9. The predicted octanol–water partition coefficient (Wildman–Crippen LogP) is 1.63. The number of fused-ring (bicyclic) bond motifs is 6. The van der Waals surface area contributed by atoms with Crippen molar-refractivity contribution in [1.82, 2.24) is 16.0 Å². The first kappa shape index (κ1) is 18.4. The number of aryl methyl sites for hydroxylation is 1. The van der Waals surface area contributed by atoms with Gasteiger partial charge in [0.2, 0.25) is 0 Å². The number of nitrogens with one attached hydrogen (secondary N) is 3. The van der Waals surface area contributed by atoms with Crippen molar-refractivity contribution in [2.24, 2.45) is 5.92 Å². The minimum Gasteiger partial charge on any atom is -0.466 e. The van der Waals surface area contributed by atoms with Crippen molar-refractivity contribution in [2.45, 2.75) is 76.9 Å². The summed E-state index contributed by atoms with van der Waals surface area (Å²) in [6.45, 7) is 6.23. The molecule has 6 unspecified atom stereocenters. The lowest BCUT2D eigenvalue weighted by Gasteiger charge is -2.46. The molecular formula is C20H28N4O3S. The number of piperazine rings is 1. The highest BCUT2D eigenvalue weighted by Crippen LogP contribution is 2.46. The molecule has 2 saturated heterocycles. The number of carbonyl (C=O) groups excluding carboxylic acids is 2. The number of thiophene rings is 1. The second-order valence-electron chi connectivity index (χ2n) is 8.37. The van der Waals surface area contributed by atoms with E-state index in [9.17, 15) is 9.59 Å². The van der Waals surface area contributed by atoms with Gasteiger partial charge in [0.1, 0.15) is 17.1 Å². The van der Waals surface area contributed by atoms with E-state index in [0.29, 0.717) is 18.7 Å². The SMILES string of the molecule is CCOC(=O)C1C2NC3CCCCC3NC2N2c3sc(C)c(C)c3C(=O)NC12. The van der Waals surface area contributed by atoms with Crippen molar-refractivity contribution in [3.8, 4) is 0 Å². The molecule has 3 aliphatic heterocycles. The normalized spacial score (nSPS) is 36.1. The number of ether oxygens (including phenoxy) is 1. The number of rotatable bonds is 2. The number of esters is 1. The lowest BCUT2D eigenvalue weighted by atomic mass is 9.85. The molecule has 6 atom stereocenters. The van der Waals surface area contributed by atoms with E-state index in [2.05, 4.69) is 27.8 Å². The molecule has 5 rings (SSSR count). The first-order valence-electron chi connectivity index (χ1n) is 10.4. The van der Waals surface area contributed by atoms with E-state index < -0.39 is 5.92 Å². The molecule has 28 heavy (non-hydrogen) atoms. The van der Waals surface area contributed by atoms with Gasteiger partial charge in [-0.2, -0.15) is 0 Å². The summed E-state index contributed by atoms with van der Waals surface area (Å²) in [5, 5.41) is 11.7. The van der Waals surface area contributed by atoms with E-state index in [0.717, 1.165) is 33.8 Å². The fourth-order valence-corrected chi connectivity index (χ4v) is 6.70. The molecule has 8 heteroatoms. The maximum absolute atomic E-state index is 12.9. The van der Waals surface area contributed by atoms with Crippen LogP contribution in [0.15, 0.2) is 0 Å². The molecular weight excluding hydrogens is 376 g/mol. The summed E-state index contributed by atoms with van der Waals surface area (Å²) < 4.78 is 5.43. The molecule has 1 aliphatic carbocycles. The fourth-order valence-electron chi connectivity index (χ4n) is 5.48. The van der Waals surface area contributed by atoms with Crippen LogP contribution in [0.1, 0.15) is 53.4 Å². The molecule has 4 heterocycles. The van der Waals surface area contributed by atoms with Crippen molar-refractivity contribution in [3.63, 3.8) is 0 Å². The van der Waals surface area contributed by atoms with Crippen LogP contribution in [0.4, 0.5) is 5.00 Å². The Morgan fingerprint density at radius 1 is 1.18 bits per heavy atom. The molecule has 0 radical (unpaired) electrons. The van der Waals surface area contributed by atoms with Crippen LogP contribution in [0, 0.1) is 19.8 Å². The van der Waals surface area contributed by atoms with Gasteiger partial charge in [0.15, 0.2) is 0 Å². The number of anilines is 1. The van der Waals surface area contributed by atoms with Gasteiger partial charge in [-0.3, -0.25) is 14.9 Å². The van der Waals surface area contributed by atoms with E-state index in [4.69, 9.17) is 4.74 Å². The second kappa shape index (κ2) is 6.71. The Kier molecular flexibility index (Phi) is 4.41. The molecule has 0 aromatic carbocycles. The third kappa shape index (κ3) is 2.54. The third-order valence-electron chi connectivity index (χ3n) is 6.89. The first-order valence-corrected chi connectivity index (χ1v) is 11.2. The highest BCUT2D eigenvalue weighted by Gasteiger charge is 2.59. The van der Waals surface area contributed by atoms with Crippen LogP contribution in [-0.4, -0.2) is 48.9 Å². The van der Waals surface area contributed by atoms with Crippen LogP contribution in [0.3, 0.4) is 0 Å². The topological polar surface area (TPSA) is 82.7 Å². The van der Waals surface area contributed by atoms with Crippen LogP contribution < -0.4 is 20.9 Å². The van der Waals surface area contributed by atoms with E-state index >= 15 is 0 Å². The van der Waals surface area contributed by atoms with Gasteiger partial charge in [0, 0.05) is 17.0 Å². The molecule has 1 aromatic heterocycles. The summed E-state index contributed by atoms with van der Waals surface area (Å²) in [6.07, 6.45) is 4.30. The van der Waals surface area contributed by atoms with Crippen LogP contribution in [0.5, 0.6) is 0 Å². The van der Waals surface area contributed by atoms with E-state index in [1.165, 1.54) is 12.8 Å². The Labute approximate surface area is 169 Å². The zero-order chi connectivity index (χ0) is 19.6. The van der Waals surface area contributed by atoms with Crippen molar-refractivity contribution in [3.05, 3.63) is 16.0 Å². The quantitative estimate of drug-likeness (QED) is 0.650. The lowest BCUT2D eigenvalue weighted by Crippen LogP contribution is -2.69. The van der Waals surface area contributed by atoms with Crippen molar-refractivity contribution >= 4 is 28.2 Å². The zero-order valence-corrected chi connectivity index (χ0v) is 17.4. The Balaban J connectivity index is 1.58. The number of carbonyl (C=O) groups is 2. The minimum atomic E-state index is -0.430. The van der Waals surface area contributed by atoms with E-state index in [-0.39, 0.29) is 30.2 Å². The molecule has 7 nitrogen and oxygen atoms in total. The minimum absolute atomic E-state index is 0.0319. The van der Waals surface area contributed by atoms with Gasteiger partial charge < -0.3 is 20.3 Å². The van der Waals surface area contributed by atoms with Gasteiger partial charge >= 0.3 is 5.97 Å². The summed E-state index contributed by atoms with van der Waals surface area (Å²) in [4.78, 5) is 29.3. The standard InChI is InChI=1S/C20H28N4O3S/c1-4-27-20(26)14-15-17(22-12-8-6-5-7-11(12)21-15)24-16(14)23-18(25)13-9(2)10(3)28-19(13)24/h11-12,14-17,21-22H,4-8H2,1-3H3,(H,23,25). The van der Waals surface area contributed by atoms with E-state index in [1.807, 2.05) is 13.8 Å². The van der Waals surface area contributed by atoms with Gasteiger partial charge in [0.25, 0.3) is 5.91 Å². The fraction of sp³-hybridized carbons (Fsp3) is 0.700. The second-order valence-corrected chi connectivity index (χ2v) is 9.57. The molecule has 1 amide bonds. The monoisotopic (exact) mass is 404 g/mol. The number of amides is 1. The number of hydrogen-bond donors (Lipinski definition) is 3. The summed E-state index contributed by atoms with van der Waals surface area (Å²) in [7, 11) is 0. The van der Waals surface area contributed by atoms with Gasteiger partial charge in [-0.15, -0.1) is 11.3 Å². The van der Waals surface area contributed by atoms with Crippen molar-refractivity contribution in [2.75, 3.05) is 11.5 Å². The summed E-state index contributed by atoms with van der Waals surface area (Å²) in [6, 6.07) is 0.687. The van der Waals surface area contributed by atoms with E-state index in [1.54, 1.807) is 11.3 Å². The molecule has 4 aliphatic rings. The first-order chi connectivity index (χ1) is 13.5. The van der Waals surface area contributed by atoms with Gasteiger partial charge in [0.05, 0.1) is 24.4 Å². The average molecular weight is 405 g/mol. The molecule has 3 fully saturated rings.